The molecule has 6 heteroatoms. The SMILES string of the molecule is O=c1[nH]c2ccc(C3CCN(Cc4ccc(-c5nc6ccccc6nc5-c5ccccc5)cc4)CC3)cc2[nH]1. The highest BCUT2D eigenvalue weighted by molar-refractivity contribution is 5.86. The first-order valence-electron chi connectivity index (χ1n) is 13.6. The molecule has 2 N–H and O–H groups in total. The van der Waals surface area contributed by atoms with Crippen LogP contribution in [0.1, 0.15) is 29.9 Å². The summed E-state index contributed by atoms with van der Waals surface area (Å²) in [5, 5.41) is 0. The molecule has 192 valence electrons. The van der Waals surface area contributed by atoms with E-state index in [0.29, 0.717) is 5.92 Å². The maximum Gasteiger partial charge on any atom is 0.323 e. The van der Waals surface area contributed by atoms with Gasteiger partial charge in [-0.15, -0.1) is 0 Å². The van der Waals surface area contributed by atoms with Crippen LogP contribution in [0.4, 0.5) is 0 Å². The van der Waals surface area contributed by atoms with E-state index in [1.54, 1.807) is 0 Å². The summed E-state index contributed by atoms with van der Waals surface area (Å²) in [5.74, 6) is 0.523. The van der Waals surface area contributed by atoms with E-state index in [0.717, 1.165) is 77.1 Å². The van der Waals surface area contributed by atoms with Gasteiger partial charge in [-0.25, -0.2) is 14.8 Å². The van der Waals surface area contributed by atoms with Crippen molar-refractivity contribution in [1.82, 2.24) is 24.8 Å². The summed E-state index contributed by atoms with van der Waals surface area (Å²) in [6.45, 7) is 3.05. The number of fused-ring (bicyclic) bond motifs is 2. The average molecular weight is 512 g/mol. The maximum absolute atomic E-state index is 11.6. The van der Waals surface area contributed by atoms with Crippen LogP contribution in [-0.2, 0) is 6.54 Å². The predicted octanol–water partition coefficient (Wildman–Crippen LogP) is 6.51. The molecule has 0 aliphatic carbocycles. The number of nitrogens with zero attached hydrogens (tertiary/aromatic N) is 3. The van der Waals surface area contributed by atoms with E-state index >= 15 is 0 Å². The second-order valence-corrected chi connectivity index (χ2v) is 10.4. The van der Waals surface area contributed by atoms with Gasteiger partial charge in [0, 0.05) is 17.7 Å². The molecule has 6 aromatic rings. The van der Waals surface area contributed by atoms with Gasteiger partial charge < -0.3 is 9.97 Å². The summed E-state index contributed by atoms with van der Waals surface area (Å²) in [6, 6.07) is 33.5. The molecule has 4 aromatic carbocycles. The van der Waals surface area contributed by atoms with Gasteiger partial charge in [-0.3, -0.25) is 4.90 Å². The van der Waals surface area contributed by atoms with Gasteiger partial charge in [0.05, 0.1) is 33.5 Å². The van der Waals surface area contributed by atoms with Gasteiger partial charge in [0.2, 0.25) is 0 Å². The van der Waals surface area contributed by atoms with Gasteiger partial charge in [0.1, 0.15) is 0 Å². The van der Waals surface area contributed by atoms with Crippen molar-refractivity contribution >= 4 is 22.1 Å². The van der Waals surface area contributed by atoms with Gasteiger partial charge in [-0.2, -0.15) is 0 Å². The highest BCUT2D eigenvalue weighted by Gasteiger charge is 2.21. The molecule has 0 spiro atoms. The van der Waals surface area contributed by atoms with E-state index in [1.807, 2.05) is 48.5 Å². The zero-order chi connectivity index (χ0) is 26.2. The molecule has 0 saturated carbocycles. The molecule has 1 saturated heterocycles. The highest BCUT2D eigenvalue weighted by Crippen LogP contribution is 2.32. The molecule has 0 bridgehead atoms. The van der Waals surface area contributed by atoms with Gasteiger partial charge in [-0.1, -0.05) is 72.8 Å². The number of H-pyrrole nitrogens is 2. The number of likely N-dealkylation sites (tertiary alicyclic amines) is 1. The van der Waals surface area contributed by atoms with Crippen LogP contribution in [0, 0.1) is 0 Å². The smallest absolute Gasteiger partial charge is 0.306 e. The Balaban J connectivity index is 1.08. The minimum absolute atomic E-state index is 0.146. The van der Waals surface area contributed by atoms with Crippen molar-refractivity contribution in [2.75, 3.05) is 13.1 Å². The number of aromatic amines is 2. The summed E-state index contributed by atoms with van der Waals surface area (Å²) < 4.78 is 0. The summed E-state index contributed by atoms with van der Waals surface area (Å²) in [6.07, 6.45) is 2.23. The number of para-hydroxylation sites is 2. The standard InChI is InChI=1S/C33H29N5O/c39-33-36-29-15-14-26(20-30(29)37-33)23-16-18-38(19-17-23)21-22-10-12-25(13-11-22)32-31(24-6-2-1-3-7-24)34-27-8-4-5-9-28(27)35-32/h1-15,20,23H,16-19,21H2,(H2,36,37,39). The zero-order valence-electron chi connectivity index (χ0n) is 21.6. The number of hydrogen-bond acceptors (Lipinski definition) is 4. The fourth-order valence-corrected chi connectivity index (χ4v) is 5.75. The van der Waals surface area contributed by atoms with Gasteiger partial charge in [-0.05, 0) is 67.2 Å². The number of imidazole rings is 1. The van der Waals surface area contributed by atoms with Gasteiger partial charge >= 0.3 is 5.69 Å². The largest absolute Gasteiger partial charge is 0.323 e. The molecule has 0 radical (unpaired) electrons. The van der Waals surface area contributed by atoms with Crippen molar-refractivity contribution in [3.63, 3.8) is 0 Å². The lowest BCUT2D eigenvalue weighted by Gasteiger charge is -2.32. The van der Waals surface area contributed by atoms with Crippen LogP contribution in [0.2, 0.25) is 0 Å². The van der Waals surface area contributed by atoms with E-state index in [-0.39, 0.29) is 5.69 Å². The van der Waals surface area contributed by atoms with E-state index < -0.39 is 0 Å². The molecule has 0 unspecified atom stereocenters. The second kappa shape index (κ2) is 9.97. The Kier molecular flexibility index (Phi) is 6.02. The summed E-state index contributed by atoms with van der Waals surface area (Å²) in [7, 11) is 0. The molecule has 39 heavy (non-hydrogen) atoms. The molecular formula is C33H29N5O. The minimum Gasteiger partial charge on any atom is -0.306 e. The molecule has 0 atom stereocenters. The number of piperidine rings is 1. The van der Waals surface area contributed by atoms with Crippen molar-refractivity contribution in [2.24, 2.45) is 0 Å². The Labute approximate surface area is 226 Å². The lowest BCUT2D eigenvalue weighted by molar-refractivity contribution is 0.204. The second-order valence-electron chi connectivity index (χ2n) is 10.4. The monoisotopic (exact) mass is 511 g/mol. The van der Waals surface area contributed by atoms with Crippen LogP contribution in [0.25, 0.3) is 44.6 Å². The van der Waals surface area contributed by atoms with Crippen molar-refractivity contribution in [3.8, 4) is 22.5 Å². The lowest BCUT2D eigenvalue weighted by Crippen LogP contribution is -2.32. The van der Waals surface area contributed by atoms with Crippen LogP contribution in [0.3, 0.4) is 0 Å². The van der Waals surface area contributed by atoms with Crippen molar-refractivity contribution in [3.05, 3.63) is 119 Å². The number of benzene rings is 4. The fourth-order valence-electron chi connectivity index (χ4n) is 5.75. The molecular weight excluding hydrogens is 482 g/mol. The Morgan fingerprint density at radius 3 is 2.00 bits per heavy atom. The predicted molar refractivity (Wildman–Crippen MR) is 157 cm³/mol. The van der Waals surface area contributed by atoms with Crippen molar-refractivity contribution < 1.29 is 0 Å². The number of aromatic nitrogens is 4. The Hall–Kier alpha value is -4.55. The number of nitrogens with one attached hydrogen (secondary N) is 2. The molecule has 7 rings (SSSR count). The molecule has 1 fully saturated rings. The van der Waals surface area contributed by atoms with Crippen LogP contribution in [0.5, 0.6) is 0 Å². The van der Waals surface area contributed by atoms with Crippen LogP contribution in [-0.4, -0.2) is 37.9 Å². The van der Waals surface area contributed by atoms with Crippen molar-refractivity contribution in [1.29, 1.82) is 0 Å². The first-order valence-corrected chi connectivity index (χ1v) is 13.6. The lowest BCUT2D eigenvalue weighted by atomic mass is 9.89. The van der Waals surface area contributed by atoms with Crippen molar-refractivity contribution in [2.45, 2.75) is 25.3 Å². The number of rotatable bonds is 5. The Morgan fingerprint density at radius 2 is 1.31 bits per heavy atom. The van der Waals surface area contributed by atoms with E-state index in [2.05, 4.69) is 63.4 Å². The average Bonchev–Trinajstić information content (AvgIpc) is 3.37. The van der Waals surface area contributed by atoms with Gasteiger partial charge in [0.15, 0.2) is 0 Å². The normalized spacial score (nSPS) is 14.8. The number of hydrogen-bond donors (Lipinski definition) is 2. The molecule has 1 aliphatic heterocycles. The Morgan fingerprint density at radius 1 is 0.692 bits per heavy atom. The van der Waals surface area contributed by atoms with E-state index in [4.69, 9.17) is 9.97 Å². The molecule has 1 aliphatic rings. The van der Waals surface area contributed by atoms with Crippen LogP contribution in [0.15, 0.2) is 102 Å². The third kappa shape index (κ3) is 4.75. The van der Waals surface area contributed by atoms with Crippen LogP contribution >= 0.6 is 0 Å². The first kappa shape index (κ1) is 23.6. The minimum atomic E-state index is -0.146. The third-order valence-corrected chi connectivity index (χ3v) is 7.85. The Bertz CT molecular complexity index is 1810. The quantitative estimate of drug-likeness (QED) is 0.276. The molecule has 0 amide bonds. The molecule has 6 nitrogen and oxygen atoms in total. The maximum atomic E-state index is 11.6. The third-order valence-electron chi connectivity index (χ3n) is 7.85. The zero-order valence-corrected chi connectivity index (χ0v) is 21.6. The topological polar surface area (TPSA) is 77.7 Å². The van der Waals surface area contributed by atoms with E-state index in [1.165, 1.54) is 11.1 Å². The fraction of sp³-hybridized carbons (Fsp3) is 0.182. The summed E-state index contributed by atoms with van der Waals surface area (Å²) in [5.41, 5.74) is 10.0. The van der Waals surface area contributed by atoms with Gasteiger partial charge in [0.25, 0.3) is 0 Å². The first-order chi connectivity index (χ1) is 19.2. The van der Waals surface area contributed by atoms with E-state index in [9.17, 15) is 4.79 Å². The summed E-state index contributed by atoms with van der Waals surface area (Å²) >= 11 is 0. The summed E-state index contributed by atoms with van der Waals surface area (Å²) in [4.78, 5) is 29.9. The van der Waals surface area contributed by atoms with Crippen LogP contribution < -0.4 is 5.69 Å². The molecule has 2 aromatic heterocycles. The molecule has 3 heterocycles. The highest BCUT2D eigenvalue weighted by atomic mass is 16.1.